The number of carbonyl (C=O) groups excluding carboxylic acids is 2. The lowest BCUT2D eigenvalue weighted by Gasteiger charge is -2.11. The van der Waals surface area contributed by atoms with E-state index in [-0.39, 0.29) is 16.1 Å². The minimum atomic E-state index is -4.01. The molecule has 0 radical (unpaired) electrons. The highest BCUT2D eigenvalue weighted by atomic mass is 32.2. The van der Waals surface area contributed by atoms with E-state index in [1.54, 1.807) is 6.07 Å². The van der Waals surface area contributed by atoms with Gasteiger partial charge in [0.1, 0.15) is 4.90 Å². The smallest absolute Gasteiger partial charge is 0.339 e. The summed E-state index contributed by atoms with van der Waals surface area (Å²) >= 11 is 0. The third-order valence-corrected chi connectivity index (χ3v) is 4.83. The molecule has 0 aliphatic heterocycles. The van der Waals surface area contributed by atoms with Crippen LogP contribution in [0.15, 0.2) is 53.4 Å². The van der Waals surface area contributed by atoms with E-state index < -0.39 is 22.0 Å². The van der Waals surface area contributed by atoms with Gasteiger partial charge in [-0.15, -0.1) is 0 Å². The second kappa shape index (κ2) is 8.48. The normalized spacial score (nSPS) is 10.8. The summed E-state index contributed by atoms with van der Waals surface area (Å²) in [7, 11) is -2.84. The fraction of sp³-hybridized carbons (Fsp3) is 0.222. The van der Waals surface area contributed by atoms with Crippen LogP contribution in [-0.4, -0.2) is 34.1 Å². The quantitative estimate of drug-likeness (QED) is 0.745. The molecule has 2 aromatic rings. The van der Waals surface area contributed by atoms with Gasteiger partial charge in [0, 0.05) is 5.69 Å². The highest BCUT2D eigenvalue weighted by Gasteiger charge is 2.22. The number of nitrogens with one attached hydrogen (secondary N) is 1. The minimum Gasteiger partial charge on any atom is -0.465 e. The Morgan fingerprint density at radius 1 is 1.00 bits per heavy atom. The Morgan fingerprint density at radius 2 is 1.65 bits per heavy atom. The molecule has 0 bridgehead atoms. The monoisotopic (exact) mass is 377 g/mol. The van der Waals surface area contributed by atoms with Crippen LogP contribution in [0.25, 0.3) is 0 Å². The molecule has 0 saturated carbocycles. The number of carbonyl (C=O) groups is 2. The molecule has 0 fully saturated rings. The summed E-state index contributed by atoms with van der Waals surface area (Å²) in [6, 6.07) is 11.5. The van der Waals surface area contributed by atoms with Gasteiger partial charge in [-0.25, -0.2) is 18.0 Å². The third-order valence-electron chi connectivity index (χ3n) is 3.39. The molecule has 26 heavy (non-hydrogen) atoms. The topological polar surface area (TPSA) is 98.8 Å². The number of sulfonamides is 1. The first kappa shape index (κ1) is 19.5. The number of esters is 2. The number of methoxy groups -OCH3 is 1. The molecule has 7 nitrogen and oxygen atoms in total. The molecular formula is C18H19NO6S. The molecule has 0 atom stereocenters. The zero-order valence-electron chi connectivity index (χ0n) is 14.4. The van der Waals surface area contributed by atoms with Gasteiger partial charge in [0.25, 0.3) is 10.0 Å². The highest BCUT2D eigenvalue weighted by molar-refractivity contribution is 7.92. The summed E-state index contributed by atoms with van der Waals surface area (Å²) in [5.74, 6) is -1.22. The first-order valence-electron chi connectivity index (χ1n) is 7.86. The maximum Gasteiger partial charge on any atom is 0.339 e. The molecule has 0 aliphatic rings. The average molecular weight is 377 g/mol. The standard InChI is InChI=1S/C18H19NO6S/c1-3-12-25-17(20)13-8-10-14(11-9-13)19-26(22,23)16-7-5-4-6-15(16)18(21)24-2/h4-11,19H,3,12H2,1-2H3. The second-order valence-electron chi connectivity index (χ2n) is 5.31. The van der Waals surface area contributed by atoms with Crippen LogP contribution in [0.1, 0.15) is 34.1 Å². The number of hydrogen-bond donors (Lipinski definition) is 1. The summed E-state index contributed by atoms with van der Waals surface area (Å²) in [5, 5.41) is 0. The molecule has 0 aliphatic carbocycles. The molecule has 0 aromatic heterocycles. The first-order chi connectivity index (χ1) is 12.4. The molecule has 138 valence electrons. The van der Waals surface area contributed by atoms with E-state index in [0.717, 1.165) is 0 Å². The number of benzene rings is 2. The molecule has 2 aromatic carbocycles. The Morgan fingerprint density at radius 3 is 2.27 bits per heavy atom. The largest absolute Gasteiger partial charge is 0.465 e. The molecule has 0 spiro atoms. The van der Waals surface area contributed by atoms with E-state index in [4.69, 9.17) is 4.74 Å². The van der Waals surface area contributed by atoms with Gasteiger partial charge >= 0.3 is 11.9 Å². The van der Waals surface area contributed by atoms with E-state index in [0.29, 0.717) is 18.6 Å². The Bertz CT molecular complexity index is 890. The van der Waals surface area contributed by atoms with E-state index in [2.05, 4.69) is 9.46 Å². The van der Waals surface area contributed by atoms with Crippen molar-refractivity contribution in [3.05, 3.63) is 59.7 Å². The lowest BCUT2D eigenvalue weighted by molar-refractivity contribution is 0.0504. The SMILES string of the molecule is CCCOC(=O)c1ccc(NS(=O)(=O)c2ccccc2C(=O)OC)cc1. The Labute approximate surface area is 152 Å². The van der Waals surface area contributed by atoms with E-state index in [1.807, 2.05) is 6.92 Å². The van der Waals surface area contributed by atoms with E-state index >= 15 is 0 Å². The fourth-order valence-electron chi connectivity index (χ4n) is 2.14. The molecule has 0 saturated heterocycles. The van der Waals surface area contributed by atoms with Crippen molar-refractivity contribution in [1.29, 1.82) is 0 Å². The van der Waals surface area contributed by atoms with Crippen LogP contribution in [0.2, 0.25) is 0 Å². The predicted molar refractivity (Wildman–Crippen MR) is 95.6 cm³/mol. The van der Waals surface area contributed by atoms with E-state index in [1.165, 1.54) is 49.6 Å². The summed E-state index contributed by atoms with van der Waals surface area (Å²) in [4.78, 5) is 23.3. The summed E-state index contributed by atoms with van der Waals surface area (Å²) in [6.07, 6.45) is 0.712. The van der Waals surface area contributed by atoms with Crippen LogP contribution < -0.4 is 4.72 Å². The maximum atomic E-state index is 12.6. The third kappa shape index (κ3) is 4.60. The minimum absolute atomic E-state index is 0.0673. The lowest BCUT2D eigenvalue weighted by atomic mass is 10.2. The van der Waals surface area contributed by atoms with Gasteiger partial charge in [0.2, 0.25) is 0 Å². The Hall–Kier alpha value is -2.87. The van der Waals surface area contributed by atoms with Crippen LogP contribution in [0.3, 0.4) is 0 Å². The molecular weight excluding hydrogens is 358 g/mol. The summed E-state index contributed by atoms with van der Waals surface area (Å²) < 4.78 is 37.2. The fourth-order valence-corrected chi connectivity index (χ4v) is 3.40. The first-order valence-corrected chi connectivity index (χ1v) is 9.34. The molecule has 2 rings (SSSR count). The predicted octanol–water partition coefficient (Wildman–Crippen LogP) is 2.84. The van der Waals surface area contributed by atoms with Gasteiger partial charge in [-0.3, -0.25) is 4.72 Å². The number of anilines is 1. The van der Waals surface area contributed by atoms with Crippen molar-refractivity contribution in [3.63, 3.8) is 0 Å². The Balaban J connectivity index is 2.23. The van der Waals surface area contributed by atoms with Gasteiger partial charge in [-0.05, 0) is 42.8 Å². The Kier molecular flexibility index (Phi) is 6.35. The zero-order valence-corrected chi connectivity index (χ0v) is 15.2. The van der Waals surface area contributed by atoms with Crippen LogP contribution in [-0.2, 0) is 19.5 Å². The molecule has 0 unspecified atom stereocenters. The highest BCUT2D eigenvalue weighted by Crippen LogP contribution is 2.21. The molecule has 8 heteroatoms. The maximum absolute atomic E-state index is 12.6. The number of rotatable bonds is 7. The molecule has 1 N–H and O–H groups in total. The van der Waals surface area contributed by atoms with Crippen LogP contribution in [0.4, 0.5) is 5.69 Å². The van der Waals surface area contributed by atoms with Crippen molar-refractivity contribution in [1.82, 2.24) is 0 Å². The van der Waals surface area contributed by atoms with Crippen LogP contribution in [0, 0.1) is 0 Å². The van der Waals surface area contributed by atoms with Gasteiger partial charge in [-0.1, -0.05) is 19.1 Å². The summed E-state index contributed by atoms with van der Waals surface area (Å²) in [6.45, 7) is 2.20. The van der Waals surface area contributed by atoms with Gasteiger partial charge in [0.05, 0.1) is 24.8 Å². The zero-order chi connectivity index (χ0) is 19.2. The molecule has 0 heterocycles. The van der Waals surface area contributed by atoms with Crippen molar-refractivity contribution >= 4 is 27.6 Å². The van der Waals surface area contributed by atoms with E-state index in [9.17, 15) is 18.0 Å². The van der Waals surface area contributed by atoms with Crippen molar-refractivity contribution in [2.75, 3.05) is 18.4 Å². The second-order valence-corrected chi connectivity index (χ2v) is 6.96. The molecule has 0 amide bonds. The van der Waals surface area contributed by atoms with Gasteiger partial charge in [-0.2, -0.15) is 0 Å². The average Bonchev–Trinajstić information content (AvgIpc) is 2.65. The van der Waals surface area contributed by atoms with Crippen molar-refractivity contribution < 1.29 is 27.5 Å². The number of hydrogen-bond acceptors (Lipinski definition) is 6. The van der Waals surface area contributed by atoms with Crippen molar-refractivity contribution in [3.8, 4) is 0 Å². The van der Waals surface area contributed by atoms with Gasteiger partial charge < -0.3 is 9.47 Å². The van der Waals surface area contributed by atoms with Crippen LogP contribution in [0.5, 0.6) is 0 Å². The summed E-state index contributed by atoms with van der Waals surface area (Å²) in [5.41, 5.74) is 0.496. The van der Waals surface area contributed by atoms with Crippen LogP contribution >= 0.6 is 0 Å². The number of ether oxygens (including phenoxy) is 2. The van der Waals surface area contributed by atoms with Crippen molar-refractivity contribution in [2.24, 2.45) is 0 Å². The van der Waals surface area contributed by atoms with Crippen molar-refractivity contribution in [2.45, 2.75) is 18.2 Å². The van der Waals surface area contributed by atoms with Gasteiger partial charge in [0.15, 0.2) is 0 Å². The lowest BCUT2D eigenvalue weighted by Crippen LogP contribution is -2.17.